The van der Waals surface area contributed by atoms with E-state index in [0.29, 0.717) is 0 Å². The van der Waals surface area contributed by atoms with Gasteiger partial charge in [0, 0.05) is 24.9 Å². The van der Waals surface area contributed by atoms with Crippen LogP contribution in [0.4, 0.5) is 13.2 Å². The van der Waals surface area contributed by atoms with Crippen LogP contribution in [0.2, 0.25) is 0 Å². The van der Waals surface area contributed by atoms with E-state index in [4.69, 9.17) is 14.2 Å². The van der Waals surface area contributed by atoms with E-state index in [0.717, 1.165) is 18.2 Å². The quantitative estimate of drug-likeness (QED) is 0.413. The molecule has 0 aliphatic heterocycles. The molecule has 1 aromatic heterocycles. The van der Waals surface area contributed by atoms with Crippen molar-refractivity contribution < 1.29 is 32.2 Å². The lowest BCUT2D eigenvalue weighted by atomic mass is 10.1. The fraction of sp³-hybridized carbons (Fsp3) is 0.353. The number of esters is 1. The van der Waals surface area contributed by atoms with Crippen LogP contribution in [0.1, 0.15) is 19.4 Å². The molecule has 27 heavy (non-hydrogen) atoms. The van der Waals surface area contributed by atoms with E-state index in [1.54, 1.807) is 13.8 Å². The summed E-state index contributed by atoms with van der Waals surface area (Å²) in [6.07, 6.45) is -1.16. The van der Waals surface area contributed by atoms with E-state index in [1.807, 2.05) is 0 Å². The van der Waals surface area contributed by atoms with Gasteiger partial charge in [0.25, 0.3) is 0 Å². The van der Waals surface area contributed by atoms with Gasteiger partial charge < -0.3 is 14.2 Å². The van der Waals surface area contributed by atoms with Gasteiger partial charge in [-0.1, -0.05) is 0 Å². The molecule has 0 saturated heterocycles. The van der Waals surface area contributed by atoms with Gasteiger partial charge in [-0.2, -0.15) is 13.2 Å². The van der Waals surface area contributed by atoms with E-state index < -0.39 is 17.7 Å². The molecule has 1 heterocycles. The standard InChI is InChI=1S/C17H18F3N3O4/c1-11(2)27-15(24)4-5-23-9-21-16(22-23)12-6-13(17(18,19)20)8-14(7-12)26-10-25-3/h4-9,11H,10H2,1-3H3/b5-4-. The highest BCUT2D eigenvalue weighted by molar-refractivity contribution is 5.85. The molecule has 0 aliphatic carbocycles. The molecule has 1 aromatic carbocycles. The van der Waals surface area contributed by atoms with Crippen molar-refractivity contribution in [2.45, 2.75) is 26.1 Å². The second kappa shape index (κ2) is 8.67. The van der Waals surface area contributed by atoms with Crippen molar-refractivity contribution in [3.63, 3.8) is 0 Å². The zero-order valence-corrected chi connectivity index (χ0v) is 14.9. The summed E-state index contributed by atoms with van der Waals surface area (Å²) in [6, 6.07) is 3.14. The van der Waals surface area contributed by atoms with Crippen LogP contribution in [0.15, 0.2) is 30.6 Å². The van der Waals surface area contributed by atoms with Crippen molar-refractivity contribution in [1.29, 1.82) is 0 Å². The summed E-state index contributed by atoms with van der Waals surface area (Å²) in [4.78, 5) is 15.4. The zero-order valence-electron chi connectivity index (χ0n) is 14.9. The number of nitrogens with zero attached hydrogens (tertiary/aromatic N) is 3. The van der Waals surface area contributed by atoms with E-state index >= 15 is 0 Å². The third-order valence-electron chi connectivity index (χ3n) is 3.06. The van der Waals surface area contributed by atoms with Crippen LogP contribution < -0.4 is 4.74 Å². The van der Waals surface area contributed by atoms with E-state index in [-0.39, 0.29) is 30.0 Å². The smallest absolute Gasteiger partial charge is 0.416 e. The number of methoxy groups -OCH3 is 1. The summed E-state index contributed by atoms with van der Waals surface area (Å²) in [6.45, 7) is 3.20. The Morgan fingerprint density at radius 3 is 2.67 bits per heavy atom. The minimum atomic E-state index is -4.57. The number of aromatic nitrogens is 3. The topological polar surface area (TPSA) is 75.5 Å². The Kier molecular flexibility index (Phi) is 6.56. The van der Waals surface area contributed by atoms with E-state index in [1.165, 1.54) is 30.4 Å². The molecule has 0 unspecified atom stereocenters. The van der Waals surface area contributed by atoms with Gasteiger partial charge in [0.05, 0.1) is 11.7 Å². The maximum atomic E-state index is 13.1. The number of ether oxygens (including phenoxy) is 3. The molecular weight excluding hydrogens is 367 g/mol. The Bertz CT molecular complexity index is 816. The van der Waals surface area contributed by atoms with Crippen molar-refractivity contribution in [3.05, 3.63) is 36.2 Å². The summed E-state index contributed by atoms with van der Waals surface area (Å²) < 4.78 is 55.3. The molecule has 0 N–H and O–H groups in total. The van der Waals surface area contributed by atoms with Crippen molar-refractivity contribution in [2.24, 2.45) is 0 Å². The Balaban J connectivity index is 2.28. The Morgan fingerprint density at radius 1 is 1.30 bits per heavy atom. The number of rotatable bonds is 7. The number of carbonyl (C=O) groups is 1. The number of hydrogen-bond acceptors (Lipinski definition) is 6. The van der Waals surface area contributed by atoms with Crippen molar-refractivity contribution >= 4 is 12.2 Å². The largest absolute Gasteiger partial charge is 0.468 e. The number of benzene rings is 1. The van der Waals surface area contributed by atoms with Gasteiger partial charge in [-0.15, -0.1) is 5.10 Å². The second-order valence-corrected chi connectivity index (χ2v) is 5.64. The van der Waals surface area contributed by atoms with Crippen molar-refractivity contribution in [2.75, 3.05) is 13.9 Å². The molecule has 2 rings (SSSR count). The summed E-state index contributed by atoms with van der Waals surface area (Å²) in [5.41, 5.74) is -0.800. The molecule has 0 aliphatic rings. The van der Waals surface area contributed by atoms with Crippen LogP contribution in [0, 0.1) is 0 Å². The maximum absolute atomic E-state index is 13.1. The third-order valence-corrected chi connectivity index (χ3v) is 3.06. The summed E-state index contributed by atoms with van der Waals surface area (Å²) in [5, 5.41) is 4.03. The molecule has 146 valence electrons. The Labute approximate surface area is 153 Å². The molecule has 7 nitrogen and oxygen atoms in total. The minimum absolute atomic E-state index is 0.0326. The predicted molar refractivity (Wildman–Crippen MR) is 89.5 cm³/mol. The lowest BCUT2D eigenvalue weighted by molar-refractivity contribution is -0.141. The van der Waals surface area contributed by atoms with Gasteiger partial charge in [-0.25, -0.2) is 14.5 Å². The average molecular weight is 385 g/mol. The second-order valence-electron chi connectivity index (χ2n) is 5.64. The maximum Gasteiger partial charge on any atom is 0.416 e. The molecule has 0 saturated carbocycles. The van der Waals surface area contributed by atoms with Crippen LogP contribution in [0.3, 0.4) is 0 Å². The summed E-state index contributed by atoms with van der Waals surface area (Å²) in [5.74, 6) is -0.573. The van der Waals surface area contributed by atoms with Crippen LogP contribution >= 0.6 is 0 Å². The number of halogens is 3. The van der Waals surface area contributed by atoms with Crippen molar-refractivity contribution in [1.82, 2.24) is 14.8 Å². The monoisotopic (exact) mass is 385 g/mol. The fourth-order valence-corrected chi connectivity index (χ4v) is 1.99. The van der Waals surface area contributed by atoms with Crippen LogP contribution in [0.5, 0.6) is 5.75 Å². The highest BCUT2D eigenvalue weighted by Gasteiger charge is 2.32. The predicted octanol–water partition coefficient (Wildman–Crippen LogP) is 3.37. The minimum Gasteiger partial charge on any atom is -0.468 e. The average Bonchev–Trinajstić information content (AvgIpc) is 3.05. The van der Waals surface area contributed by atoms with E-state index in [9.17, 15) is 18.0 Å². The molecule has 0 bridgehead atoms. The Hall–Kier alpha value is -2.88. The van der Waals surface area contributed by atoms with Crippen molar-refractivity contribution in [3.8, 4) is 17.1 Å². The van der Waals surface area contributed by atoms with Gasteiger partial charge in [0.1, 0.15) is 12.1 Å². The molecular formula is C17H18F3N3O4. The zero-order chi connectivity index (χ0) is 20.0. The van der Waals surface area contributed by atoms with Crippen LogP contribution in [-0.4, -0.2) is 40.7 Å². The number of carbonyl (C=O) groups excluding carboxylic acids is 1. The SMILES string of the molecule is COCOc1cc(-c2ncn(/C=C\C(=O)OC(C)C)n2)cc(C(F)(F)F)c1. The van der Waals surface area contributed by atoms with Crippen LogP contribution in [-0.2, 0) is 20.4 Å². The van der Waals surface area contributed by atoms with E-state index in [2.05, 4.69) is 10.1 Å². The molecule has 0 amide bonds. The first-order valence-electron chi connectivity index (χ1n) is 7.83. The number of alkyl halides is 3. The normalized spacial score (nSPS) is 12.0. The number of hydrogen-bond donors (Lipinski definition) is 0. The molecule has 2 aromatic rings. The molecule has 10 heteroatoms. The first kappa shape index (κ1) is 20.4. The molecule has 0 atom stereocenters. The Morgan fingerprint density at radius 2 is 2.04 bits per heavy atom. The highest BCUT2D eigenvalue weighted by Crippen LogP contribution is 2.34. The summed E-state index contributed by atoms with van der Waals surface area (Å²) in [7, 11) is 1.36. The first-order valence-corrected chi connectivity index (χ1v) is 7.83. The van der Waals surface area contributed by atoms with Gasteiger partial charge in [-0.05, 0) is 32.0 Å². The first-order chi connectivity index (χ1) is 12.7. The fourth-order valence-electron chi connectivity index (χ4n) is 1.99. The molecule has 0 spiro atoms. The lowest BCUT2D eigenvalue weighted by Crippen LogP contribution is -2.08. The van der Waals surface area contributed by atoms with Gasteiger partial charge in [0.15, 0.2) is 12.6 Å². The van der Waals surface area contributed by atoms with Gasteiger partial charge in [0.2, 0.25) is 0 Å². The third kappa shape index (κ3) is 6.10. The summed E-state index contributed by atoms with van der Waals surface area (Å²) >= 11 is 0. The molecule has 0 radical (unpaired) electrons. The van der Waals surface area contributed by atoms with Gasteiger partial charge >= 0.3 is 12.1 Å². The lowest BCUT2D eigenvalue weighted by Gasteiger charge is -2.11. The van der Waals surface area contributed by atoms with Gasteiger partial charge in [-0.3, -0.25) is 0 Å². The highest BCUT2D eigenvalue weighted by atomic mass is 19.4. The molecule has 0 fully saturated rings. The van der Waals surface area contributed by atoms with Crippen LogP contribution in [0.25, 0.3) is 17.6 Å².